The largest absolute Gasteiger partial charge is 0.496 e. The van der Waals surface area contributed by atoms with Gasteiger partial charge in [-0.1, -0.05) is 55.6 Å². The average Bonchev–Trinajstić information content (AvgIpc) is 3.32. The first kappa shape index (κ1) is 26.9. The van der Waals surface area contributed by atoms with Gasteiger partial charge in [0.05, 0.1) is 37.5 Å². The lowest BCUT2D eigenvalue weighted by Crippen LogP contribution is -2.65. The molecule has 1 unspecified atom stereocenters. The van der Waals surface area contributed by atoms with Gasteiger partial charge in [-0.05, 0) is 30.2 Å². The zero-order valence-electron chi connectivity index (χ0n) is 23.2. The summed E-state index contributed by atoms with van der Waals surface area (Å²) in [5, 5.41) is 5.87. The van der Waals surface area contributed by atoms with Crippen molar-refractivity contribution in [3.05, 3.63) is 47.7 Å². The highest BCUT2D eigenvalue weighted by Gasteiger charge is 2.44. The van der Waals surface area contributed by atoms with Gasteiger partial charge in [0.1, 0.15) is 28.7 Å². The third-order valence-corrected chi connectivity index (χ3v) is 16.4. The van der Waals surface area contributed by atoms with Crippen LogP contribution in [0.15, 0.2) is 40.8 Å². The van der Waals surface area contributed by atoms with E-state index in [-0.39, 0.29) is 11.7 Å². The van der Waals surface area contributed by atoms with Crippen LogP contribution in [-0.2, 0) is 0 Å². The number of hydrogen-bond donors (Lipinski definition) is 1. The molecule has 1 N–H and O–H groups in total. The molecule has 1 aliphatic rings. The van der Waals surface area contributed by atoms with Crippen molar-refractivity contribution in [2.24, 2.45) is 0 Å². The number of benzene rings is 2. The van der Waals surface area contributed by atoms with E-state index in [1.54, 1.807) is 36.6 Å². The average molecular weight is 540 g/mol. The summed E-state index contributed by atoms with van der Waals surface area (Å²) < 4.78 is 28.1. The number of aryl methyl sites for hydroxylation is 1. The Labute approximate surface area is 221 Å². The molecule has 9 heteroatoms. The molecular weight excluding hydrogens is 502 g/mol. The Hall–Kier alpha value is -3.18. The van der Waals surface area contributed by atoms with Crippen LogP contribution in [0.25, 0.3) is 0 Å². The third-order valence-electron chi connectivity index (χ3n) is 7.76. The smallest absolute Gasteiger partial charge is 0.291 e. The van der Waals surface area contributed by atoms with Gasteiger partial charge in [0.15, 0.2) is 5.76 Å². The van der Waals surface area contributed by atoms with Crippen LogP contribution in [0.3, 0.4) is 0 Å². The van der Waals surface area contributed by atoms with Gasteiger partial charge in [-0.2, -0.15) is 0 Å². The zero-order chi connectivity index (χ0) is 27.1. The van der Waals surface area contributed by atoms with Crippen molar-refractivity contribution in [2.75, 3.05) is 26.6 Å². The molecule has 1 aromatic heterocycles. The fourth-order valence-corrected chi connectivity index (χ4v) is 15.7. The summed E-state index contributed by atoms with van der Waals surface area (Å²) in [7, 11) is 1.44. The van der Waals surface area contributed by atoms with E-state index in [1.807, 2.05) is 0 Å². The van der Waals surface area contributed by atoms with Gasteiger partial charge in [-0.25, -0.2) is 0 Å². The van der Waals surface area contributed by atoms with Crippen LogP contribution in [0.1, 0.15) is 23.0 Å². The molecule has 0 fully saturated rings. The lowest BCUT2D eigenvalue weighted by atomic mass is 10.2. The standard InChI is InChI=1S/C28H37NO6Si2/c1-17-12-25-24(36(6,7)16-18(2)37(25,8)9)15-21(17)35-26-11-10-20(34-26)28(30)29-27-22(32-4)13-19(31-3)14-23(27)33-5/h10-15,18H,16H2,1-9H3,(H,29,30). The molecule has 0 saturated carbocycles. The predicted molar refractivity (Wildman–Crippen MR) is 152 cm³/mol. The Morgan fingerprint density at radius 3 is 2.16 bits per heavy atom. The highest BCUT2D eigenvalue weighted by Crippen LogP contribution is 2.40. The van der Waals surface area contributed by atoms with Crippen molar-refractivity contribution in [1.29, 1.82) is 0 Å². The minimum absolute atomic E-state index is 0.114. The SMILES string of the molecule is COc1cc(OC)c(NC(=O)c2ccc(Oc3cc4c(cc3C)[Si](C)(C)C(C)C[Si]4(C)C)o2)c(OC)c1. The van der Waals surface area contributed by atoms with Gasteiger partial charge >= 0.3 is 0 Å². The van der Waals surface area contributed by atoms with Gasteiger partial charge in [-0.3, -0.25) is 4.79 Å². The normalized spacial score (nSPS) is 17.5. The molecule has 1 amide bonds. The summed E-state index contributed by atoms with van der Waals surface area (Å²) in [6, 6.07) is 12.5. The Morgan fingerprint density at radius 1 is 0.919 bits per heavy atom. The van der Waals surface area contributed by atoms with E-state index in [2.05, 4.69) is 57.5 Å². The lowest BCUT2D eigenvalue weighted by Gasteiger charge is -2.44. The second-order valence-corrected chi connectivity index (χ2v) is 20.6. The number of furan rings is 1. The fourth-order valence-electron chi connectivity index (χ4n) is 5.20. The van der Waals surface area contributed by atoms with Crippen molar-refractivity contribution in [2.45, 2.75) is 51.6 Å². The van der Waals surface area contributed by atoms with E-state index < -0.39 is 22.1 Å². The second kappa shape index (κ2) is 9.94. The molecule has 3 aromatic rings. The summed E-state index contributed by atoms with van der Waals surface area (Å²) >= 11 is 0. The summed E-state index contributed by atoms with van der Waals surface area (Å²) in [6.07, 6.45) is 0. The Bertz CT molecular complexity index is 1310. The van der Waals surface area contributed by atoms with Crippen LogP contribution in [0, 0.1) is 6.92 Å². The van der Waals surface area contributed by atoms with Crippen LogP contribution < -0.4 is 34.6 Å². The van der Waals surface area contributed by atoms with Crippen LogP contribution >= 0.6 is 0 Å². The molecule has 2 aromatic carbocycles. The monoisotopic (exact) mass is 539 g/mol. The van der Waals surface area contributed by atoms with E-state index >= 15 is 0 Å². The second-order valence-electron chi connectivity index (χ2n) is 11.0. The number of rotatable bonds is 7. The molecule has 7 nitrogen and oxygen atoms in total. The first-order valence-corrected chi connectivity index (χ1v) is 18.7. The number of ether oxygens (including phenoxy) is 4. The maximum absolute atomic E-state index is 13.0. The van der Waals surface area contributed by atoms with Gasteiger partial charge in [-0.15, -0.1) is 0 Å². The first-order valence-electron chi connectivity index (χ1n) is 12.5. The van der Waals surface area contributed by atoms with Crippen LogP contribution in [0.5, 0.6) is 28.9 Å². The molecule has 0 bridgehead atoms. The van der Waals surface area contributed by atoms with E-state index in [0.717, 1.165) is 16.9 Å². The molecular formula is C28H37NO6Si2. The molecule has 0 spiro atoms. The Morgan fingerprint density at radius 2 is 1.57 bits per heavy atom. The molecule has 1 atom stereocenters. The lowest BCUT2D eigenvalue weighted by molar-refractivity contribution is 0.0991. The molecule has 198 valence electrons. The number of methoxy groups -OCH3 is 3. The number of carbonyl (C=O) groups excluding carboxylic acids is 1. The van der Waals surface area contributed by atoms with E-state index in [4.69, 9.17) is 23.4 Å². The highest BCUT2D eigenvalue weighted by atomic mass is 28.3. The van der Waals surface area contributed by atoms with E-state index in [9.17, 15) is 4.79 Å². The highest BCUT2D eigenvalue weighted by molar-refractivity contribution is 7.04. The Balaban J connectivity index is 1.59. The quantitative estimate of drug-likeness (QED) is 0.377. The minimum atomic E-state index is -1.59. The molecule has 37 heavy (non-hydrogen) atoms. The topological polar surface area (TPSA) is 79.2 Å². The molecule has 1 aliphatic heterocycles. The number of amides is 1. The number of hydrogen-bond acceptors (Lipinski definition) is 6. The number of fused-ring (bicyclic) bond motifs is 1. The van der Waals surface area contributed by atoms with E-state index in [0.29, 0.717) is 22.9 Å². The summed E-state index contributed by atoms with van der Waals surface area (Å²) in [4.78, 5) is 13.0. The molecule has 0 radical (unpaired) electrons. The number of anilines is 1. The van der Waals surface area contributed by atoms with Crippen molar-refractivity contribution in [1.82, 2.24) is 0 Å². The van der Waals surface area contributed by atoms with Crippen molar-refractivity contribution >= 4 is 38.1 Å². The van der Waals surface area contributed by atoms with Gasteiger partial charge in [0.2, 0.25) is 0 Å². The van der Waals surface area contributed by atoms with E-state index in [1.165, 1.54) is 25.5 Å². The van der Waals surface area contributed by atoms with Gasteiger partial charge < -0.3 is 28.7 Å². The van der Waals surface area contributed by atoms with Crippen LogP contribution in [0.4, 0.5) is 5.69 Å². The molecule has 0 saturated heterocycles. The van der Waals surface area contributed by atoms with Gasteiger partial charge in [0, 0.05) is 18.2 Å². The maximum Gasteiger partial charge on any atom is 0.291 e. The predicted octanol–water partition coefficient (Wildman–Crippen LogP) is 5.89. The maximum atomic E-state index is 13.0. The minimum Gasteiger partial charge on any atom is -0.496 e. The molecule has 2 heterocycles. The zero-order valence-corrected chi connectivity index (χ0v) is 25.2. The molecule has 0 aliphatic carbocycles. The van der Waals surface area contributed by atoms with Crippen molar-refractivity contribution in [3.63, 3.8) is 0 Å². The fraction of sp³-hybridized carbons (Fsp3) is 0.393. The summed E-state index contributed by atoms with van der Waals surface area (Å²) in [5.74, 6) is 2.07. The van der Waals surface area contributed by atoms with Crippen molar-refractivity contribution in [3.8, 4) is 28.9 Å². The van der Waals surface area contributed by atoms with Crippen molar-refractivity contribution < 1.29 is 28.2 Å². The number of carbonyl (C=O) groups is 1. The summed E-state index contributed by atoms with van der Waals surface area (Å²) in [6.45, 7) is 14.3. The number of nitrogens with one attached hydrogen (secondary N) is 1. The Kier molecular flexibility index (Phi) is 7.22. The summed E-state index contributed by atoms with van der Waals surface area (Å²) in [5.41, 5.74) is 2.23. The molecule has 4 rings (SSSR count). The third kappa shape index (κ3) is 5.02. The van der Waals surface area contributed by atoms with Crippen LogP contribution in [-0.4, -0.2) is 43.4 Å². The van der Waals surface area contributed by atoms with Gasteiger partial charge in [0.25, 0.3) is 11.9 Å². The van der Waals surface area contributed by atoms with Crippen LogP contribution in [0.2, 0.25) is 37.8 Å². The first-order chi connectivity index (χ1) is 17.4.